The van der Waals surface area contributed by atoms with E-state index in [0.29, 0.717) is 15.6 Å². The zero-order valence-corrected chi connectivity index (χ0v) is 10.00. The molecule has 16 heavy (non-hydrogen) atoms. The second-order valence-electron chi connectivity index (χ2n) is 3.23. The Morgan fingerprint density at radius 2 is 1.94 bits per heavy atom. The van der Waals surface area contributed by atoms with Crippen LogP contribution in [0.3, 0.4) is 0 Å². The third-order valence-electron chi connectivity index (χ3n) is 1.97. The number of primary amides is 1. The fourth-order valence-corrected chi connectivity index (χ4v) is 1.92. The zero-order chi connectivity index (χ0) is 12.3. The highest BCUT2D eigenvalue weighted by Gasteiger charge is 2.25. The number of hydrogen-bond donors (Lipinski definition) is 2. The Bertz CT molecular complexity index is 375. The molecule has 0 aliphatic rings. The monoisotopic (exact) mass is 263 g/mol. The van der Waals surface area contributed by atoms with Crippen molar-refractivity contribution in [3.63, 3.8) is 0 Å². The minimum Gasteiger partial charge on any atom is -0.439 e. The van der Waals surface area contributed by atoms with Crippen molar-refractivity contribution >= 4 is 29.3 Å². The van der Waals surface area contributed by atoms with Crippen LogP contribution in [0.4, 0.5) is 4.79 Å². The first-order valence-electron chi connectivity index (χ1n) is 4.51. The van der Waals surface area contributed by atoms with Crippen LogP contribution in [0.5, 0.6) is 0 Å². The summed E-state index contributed by atoms with van der Waals surface area (Å²) in [5.41, 5.74) is 5.26. The van der Waals surface area contributed by atoms with E-state index in [-0.39, 0.29) is 0 Å². The van der Waals surface area contributed by atoms with Gasteiger partial charge in [-0.25, -0.2) is 4.79 Å². The van der Waals surface area contributed by atoms with Crippen molar-refractivity contribution in [2.75, 3.05) is 0 Å². The van der Waals surface area contributed by atoms with Crippen LogP contribution in [0, 0.1) is 0 Å². The zero-order valence-electron chi connectivity index (χ0n) is 8.48. The molecular weight excluding hydrogens is 253 g/mol. The maximum Gasteiger partial charge on any atom is 0.405 e. The van der Waals surface area contributed by atoms with Crippen molar-refractivity contribution < 1.29 is 14.6 Å². The predicted octanol–water partition coefficient (Wildman–Crippen LogP) is 2.51. The summed E-state index contributed by atoms with van der Waals surface area (Å²) in [6.07, 6.45) is -2.94. The molecular formula is C10H11Cl2NO3. The van der Waals surface area contributed by atoms with Gasteiger partial charge < -0.3 is 15.6 Å². The number of nitrogens with two attached hydrogens (primary N) is 1. The van der Waals surface area contributed by atoms with Crippen molar-refractivity contribution in [2.45, 2.75) is 19.1 Å². The normalized spacial score (nSPS) is 14.2. The fourth-order valence-electron chi connectivity index (χ4n) is 1.31. The smallest absolute Gasteiger partial charge is 0.405 e. The number of ether oxygens (including phenoxy) is 1. The van der Waals surface area contributed by atoms with Gasteiger partial charge in [0.05, 0.1) is 6.10 Å². The molecule has 0 saturated heterocycles. The molecule has 3 N–H and O–H groups in total. The largest absolute Gasteiger partial charge is 0.439 e. The van der Waals surface area contributed by atoms with E-state index in [9.17, 15) is 9.90 Å². The average Bonchev–Trinajstić information content (AvgIpc) is 2.15. The van der Waals surface area contributed by atoms with Crippen LogP contribution in [0.25, 0.3) is 0 Å². The highest BCUT2D eigenvalue weighted by Crippen LogP contribution is 2.34. The van der Waals surface area contributed by atoms with E-state index in [2.05, 4.69) is 0 Å². The van der Waals surface area contributed by atoms with Crippen LogP contribution in [0.2, 0.25) is 10.0 Å². The molecule has 2 atom stereocenters. The molecule has 0 saturated carbocycles. The van der Waals surface area contributed by atoms with Gasteiger partial charge in [0, 0.05) is 15.6 Å². The minimum atomic E-state index is -0.998. The number of rotatable bonds is 3. The maximum absolute atomic E-state index is 10.7. The highest BCUT2D eigenvalue weighted by molar-refractivity contribution is 6.36. The van der Waals surface area contributed by atoms with Crippen LogP contribution in [-0.4, -0.2) is 17.3 Å². The number of carbonyl (C=O) groups is 1. The molecule has 0 fully saturated rings. The van der Waals surface area contributed by atoms with Crippen LogP contribution in [0.15, 0.2) is 18.2 Å². The lowest BCUT2D eigenvalue weighted by atomic mass is 10.1. The summed E-state index contributed by atoms with van der Waals surface area (Å²) in [4.78, 5) is 10.7. The molecule has 0 aliphatic carbocycles. The Kier molecular flexibility index (Phi) is 4.41. The van der Waals surface area contributed by atoms with E-state index >= 15 is 0 Å². The third kappa shape index (κ3) is 3.01. The Labute approximate surface area is 103 Å². The van der Waals surface area contributed by atoms with Gasteiger partial charge in [-0.05, 0) is 19.1 Å². The summed E-state index contributed by atoms with van der Waals surface area (Å²) < 4.78 is 4.78. The summed E-state index contributed by atoms with van der Waals surface area (Å²) in [5, 5.41) is 10.1. The quantitative estimate of drug-likeness (QED) is 0.880. The van der Waals surface area contributed by atoms with Crippen molar-refractivity contribution in [3.8, 4) is 0 Å². The second kappa shape index (κ2) is 5.39. The van der Waals surface area contributed by atoms with E-state index in [1.54, 1.807) is 18.2 Å². The number of aliphatic hydroxyl groups is 1. The molecule has 0 aromatic heterocycles. The first kappa shape index (κ1) is 13.1. The maximum atomic E-state index is 10.7. The molecule has 6 heteroatoms. The molecule has 0 radical (unpaired) electrons. The van der Waals surface area contributed by atoms with Gasteiger partial charge in [-0.1, -0.05) is 29.3 Å². The number of carbonyl (C=O) groups excluding carboxylic acids is 1. The molecule has 0 bridgehead atoms. The van der Waals surface area contributed by atoms with Gasteiger partial charge in [-0.3, -0.25) is 0 Å². The lowest BCUT2D eigenvalue weighted by Crippen LogP contribution is -2.25. The van der Waals surface area contributed by atoms with E-state index < -0.39 is 18.3 Å². The Morgan fingerprint density at radius 1 is 1.44 bits per heavy atom. The van der Waals surface area contributed by atoms with E-state index in [4.69, 9.17) is 33.7 Å². The first-order valence-corrected chi connectivity index (χ1v) is 5.27. The summed E-state index contributed by atoms with van der Waals surface area (Å²) >= 11 is 11.8. The van der Waals surface area contributed by atoms with Crippen molar-refractivity contribution in [3.05, 3.63) is 33.8 Å². The molecule has 4 nitrogen and oxygen atoms in total. The standard InChI is InChI=1S/C10H11Cl2NO3/c1-5(14)9(16-10(13)15)8-6(11)3-2-4-7(8)12/h2-5,9,14H,1H3,(H2,13,15). The van der Waals surface area contributed by atoms with Gasteiger partial charge in [0.2, 0.25) is 0 Å². The molecule has 1 aromatic rings. The van der Waals surface area contributed by atoms with Crippen LogP contribution >= 0.6 is 23.2 Å². The highest BCUT2D eigenvalue weighted by atomic mass is 35.5. The molecule has 1 rings (SSSR count). The minimum absolute atomic E-state index is 0.305. The van der Waals surface area contributed by atoms with E-state index in [1.165, 1.54) is 6.92 Å². The van der Waals surface area contributed by atoms with Gasteiger partial charge in [0.15, 0.2) is 6.10 Å². The SMILES string of the molecule is CC(O)C(OC(N)=O)c1c(Cl)cccc1Cl. The van der Waals surface area contributed by atoms with Crippen molar-refractivity contribution in [1.29, 1.82) is 0 Å². The molecule has 88 valence electrons. The Morgan fingerprint density at radius 3 is 2.31 bits per heavy atom. The van der Waals surface area contributed by atoms with Crippen LogP contribution < -0.4 is 5.73 Å². The van der Waals surface area contributed by atoms with Gasteiger partial charge in [-0.2, -0.15) is 0 Å². The molecule has 2 unspecified atom stereocenters. The first-order chi connectivity index (χ1) is 7.43. The van der Waals surface area contributed by atoms with E-state index in [1.807, 2.05) is 0 Å². The average molecular weight is 264 g/mol. The molecule has 1 aromatic carbocycles. The summed E-state index contributed by atoms with van der Waals surface area (Å²) in [7, 11) is 0. The van der Waals surface area contributed by atoms with Crippen LogP contribution in [-0.2, 0) is 4.74 Å². The number of aliphatic hydroxyl groups excluding tert-OH is 1. The number of amides is 1. The fraction of sp³-hybridized carbons (Fsp3) is 0.300. The predicted molar refractivity (Wildman–Crippen MR) is 61.6 cm³/mol. The van der Waals surface area contributed by atoms with Gasteiger partial charge >= 0.3 is 6.09 Å². The summed E-state index contributed by atoms with van der Waals surface area (Å²) in [6.45, 7) is 1.45. The topological polar surface area (TPSA) is 72.6 Å². The summed E-state index contributed by atoms with van der Waals surface area (Å²) in [6, 6.07) is 4.82. The molecule has 0 spiro atoms. The summed E-state index contributed by atoms with van der Waals surface area (Å²) in [5.74, 6) is 0. The lowest BCUT2D eigenvalue weighted by Gasteiger charge is -2.21. The van der Waals surface area contributed by atoms with Crippen molar-refractivity contribution in [1.82, 2.24) is 0 Å². The Hall–Kier alpha value is -0.970. The molecule has 0 heterocycles. The van der Waals surface area contributed by atoms with Gasteiger partial charge in [0.25, 0.3) is 0 Å². The molecule has 0 aliphatic heterocycles. The van der Waals surface area contributed by atoms with Gasteiger partial charge in [0.1, 0.15) is 0 Å². The van der Waals surface area contributed by atoms with Crippen LogP contribution in [0.1, 0.15) is 18.6 Å². The number of halogens is 2. The van der Waals surface area contributed by atoms with Gasteiger partial charge in [-0.15, -0.1) is 0 Å². The number of hydrogen-bond acceptors (Lipinski definition) is 3. The third-order valence-corrected chi connectivity index (χ3v) is 2.62. The Balaban J connectivity index is 3.15. The second-order valence-corrected chi connectivity index (χ2v) is 4.05. The lowest BCUT2D eigenvalue weighted by molar-refractivity contribution is 0.0149. The molecule has 1 amide bonds. The number of benzene rings is 1. The van der Waals surface area contributed by atoms with Crippen molar-refractivity contribution in [2.24, 2.45) is 5.73 Å². The van der Waals surface area contributed by atoms with E-state index in [0.717, 1.165) is 0 Å².